The summed E-state index contributed by atoms with van der Waals surface area (Å²) in [5.74, 6) is 0.716. The van der Waals surface area contributed by atoms with Crippen molar-refractivity contribution in [2.75, 3.05) is 28.4 Å². The number of ether oxygens (including phenoxy) is 3. The highest BCUT2D eigenvalue weighted by Gasteiger charge is 2.43. The molecule has 0 unspecified atom stereocenters. The van der Waals surface area contributed by atoms with Crippen LogP contribution in [0.25, 0.3) is 0 Å². The Balaban J connectivity index is 2.19. The van der Waals surface area contributed by atoms with Crippen molar-refractivity contribution in [3.63, 3.8) is 0 Å². The zero-order chi connectivity index (χ0) is 22.7. The van der Waals surface area contributed by atoms with Crippen LogP contribution in [0.15, 0.2) is 36.4 Å². The average Bonchev–Trinajstić information content (AvgIpc) is 2.80. The monoisotopic (exact) mass is 426 g/mol. The third-order valence-corrected chi connectivity index (χ3v) is 5.92. The van der Waals surface area contributed by atoms with Gasteiger partial charge in [-0.2, -0.15) is 0 Å². The fraction of sp³-hybridized carbons (Fsp3) is 0.417. The number of fused-ring (bicyclic) bond motifs is 1. The molecule has 1 aliphatic heterocycles. The minimum absolute atomic E-state index is 0.00976. The zero-order valence-electron chi connectivity index (χ0n) is 18.9. The molecule has 0 saturated carbocycles. The predicted molar refractivity (Wildman–Crippen MR) is 118 cm³/mol. The molecule has 0 saturated heterocycles. The first-order valence-electron chi connectivity index (χ1n) is 10.3. The number of carbonyl (C=O) groups is 2. The summed E-state index contributed by atoms with van der Waals surface area (Å²) < 4.78 is 16.1. The van der Waals surface area contributed by atoms with E-state index >= 15 is 0 Å². The Morgan fingerprint density at radius 1 is 1.06 bits per heavy atom. The van der Waals surface area contributed by atoms with Gasteiger partial charge >= 0.3 is 0 Å². The van der Waals surface area contributed by atoms with Crippen LogP contribution in [0, 0.1) is 0 Å². The Morgan fingerprint density at radius 3 is 2.23 bits per heavy atom. The van der Waals surface area contributed by atoms with Crippen LogP contribution in [0.2, 0.25) is 0 Å². The van der Waals surface area contributed by atoms with Gasteiger partial charge in [0, 0.05) is 18.7 Å². The Bertz CT molecular complexity index is 957. The first-order valence-corrected chi connectivity index (χ1v) is 10.3. The lowest BCUT2D eigenvalue weighted by atomic mass is 9.79. The van der Waals surface area contributed by atoms with Gasteiger partial charge in [-0.1, -0.05) is 19.1 Å². The predicted octanol–water partition coefficient (Wildman–Crippen LogP) is 3.54. The lowest BCUT2D eigenvalue weighted by Gasteiger charge is -2.40. The molecule has 7 nitrogen and oxygen atoms in total. The molecule has 2 aromatic rings. The van der Waals surface area contributed by atoms with E-state index in [1.807, 2.05) is 38.1 Å². The second kappa shape index (κ2) is 9.29. The smallest absolute Gasteiger partial charge is 0.254 e. The summed E-state index contributed by atoms with van der Waals surface area (Å²) in [5, 5.41) is 3.09. The Morgan fingerprint density at radius 2 is 1.68 bits per heavy atom. The van der Waals surface area contributed by atoms with Gasteiger partial charge in [-0.15, -0.1) is 0 Å². The van der Waals surface area contributed by atoms with Gasteiger partial charge in [0.05, 0.1) is 33.3 Å². The highest BCUT2D eigenvalue weighted by Crippen LogP contribution is 2.45. The lowest BCUT2D eigenvalue weighted by Crippen LogP contribution is -2.47. The number of amides is 2. The maximum absolute atomic E-state index is 13.5. The van der Waals surface area contributed by atoms with Crippen LogP contribution >= 0.6 is 0 Å². The third-order valence-electron chi connectivity index (χ3n) is 5.92. The molecule has 7 heteroatoms. The van der Waals surface area contributed by atoms with E-state index in [0.717, 1.165) is 12.0 Å². The fourth-order valence-electron chi connectivity index (χ4n) is 3.98. The normalized spacial score (nSPS) is 18.8. The number of likely N-dealkylation sites (N-methyl/N-ethyl adjacent to an activating group) is 1. The standard InChI is InChI=1S/C24H30N2O5/c1-7-14(2)25-23(27)21-17-12-19(30-5)20(31-6)13-18(17)24(28)26(3)22(21)15-8-10-16(29-4)11-9-15/h8-14,21-22H,7H2,1-6H3,(H,25,27)/t14-,21-,22+/m0/s1. The quantitative estimate of drug-likeness (QED) is 0.733. The van der Waals surface area contributed by atoms with Crippen LogP contribution in [-0.2, 0) is 4.79 Å². The SMILES string of the molecule is CC[C@H](C)NC(=O)[C@H]1c2cc(OC)c(OC)cc2C(=O)N(C)[C@@H]1c1ccc(OC)cc1. The summed E-state index contributed by atoms with van der Waals surface area (Å²) in [4.78, 5) is 28.4. The van der Waals surface area contributed by atoms with Crippen molar-refractivity contribution in [2.45, 2.75) is 38.3 Å². The van der Waals surface area contributed by atoms with E-state index in [-0.39, 0.29) is 17.9 Å². The topological polar surface area (TPSA) is 77.1 Å². The first kappa shape index (κ1) is 22.5. The number of carbonyl (C=O) groups excluding carboxylic acids is 2. The molecule has 0 radical (unpaired) electrons. The van der Waals surface area contributed by atoms with Gasteiger partial charge in [0.15, 0.2) is 11.5 Å². The van der Waals surface area contributed by atoms with Gasteiger partial charge in [-0.05, 0) is 48.7 Å². The largest absolute Gasteiger partial charge is 0.497 e. The van der Waals surface area contributed by atoms with Crippen molar-refractivity contribution in [1.29, 1.82) is 0 Å². The summed E-state index contributed by atoms with van der Waals surface area (Å²) in [6.07, 6.45) is 0.805. The molecule has 2 amide bonds. The Labute approximate surface area is 183 Å². The van der Waals surface area contributed by atoms with Gasteiger partial charge < -0.3 is 24.4 Å². The minimum Gasteiger partial charge on any atom is -0.497 e. The second-order valence-electron chi connectivity index (χ2n) is 7.72. The van der Waals surface area contributed by atoms with Crippen molar-refractivity contribution in [1.82, 2.24) is 10.2 Å². The lowest BCUT2D eigenvalue weighted by molar-refractivity contribution is -0.124. The molecule has 2 aromatic carbocycles. The summed E-state index contributed by atoms with van der Waals surface area (Å²) >= 11 is 0. The molecule has 3 rings (SSSR count). The second-order valence-corrected chi connectivity index (χ2v) is 7.72. The van der Waals surface area contributed by atoms with Gasteiger partial charge in [-0.3, -0.25) is 9.59 Å². The molecule has 3 atom stereocenters. The maximum atomic E-state index is 13.5. The average molecular weight is 427 g/mol. The number of benzene rings is 2. The molecule has 0 aromatic heterocycles. The van der Waals surface area contributed by atoms with Crippen LogP contribution in [0.1, 0.15) is 53.7 Å². The minimum atomic E-state index is -0.611. The van der Waals surface area contributed by atoms with E-state index in [0.29, 0.717) is 28.4 Å². The van der Waals surface area contributed by atoms with Gasteiger partial charge in [-0.25, -0.2) is 0 Å². The molecule has 1 heterocycles. The molecule has 1 N–H and O–H groups in total. The van der Waals surface area contributed by atoms with Crippen LogP contribution in [-0.4, -0.2) is 51.1 Å². The van der Waals surface area contributed by atoms with Gasteiger partial charge in [0.1, 0.15) is 5.75 Å². The molecule has 0 fully saturated rings. The summed E-state index contributed by atoms with van der Waals surface area (Å²) in [7, 11) is 6.38. The summed E-state index contributed by atoms with van der Waals surface area (Å²) in [6, 6.07) is 10.4. The molecule has 166 valence electrons. The summed E-state index contributed by atoms with van der Waals surface area (Å²) in [5.41, 5.74) is 1.91. The molecule has 0 bridgehead atoms. The summed E-state index contributed by atoms with van der Waals surface area (Å²) in [6.45, 7) is 3.98. The van der Waals surface area contributed by atoms with Crippen molar-refractivity contribution in [2.24, 2.45) is 0 Å². The van der Waals surface area contributed by atoms with Crippen molar-refractivity contribution in [3.05, 3.63) is 53.1 Å². The molecule has 1 aliphatic rings. The van der Waals surface area contributed by atoms with Crippen LogP contribution in [0.4, 0.5) is 0 Å². The van der Waals surface area contributed by atoms with E-state index in [9.17, 15) is 9.59 Å². The van der Waals surface area contributed by atoms with E-state index in [1.54, 1.807) is 31.2 Å². The molecule has 0 aliphatic carbocycles. The van der Waals surface area contributed by atoms with E-state index in [2.05, 4.69) is 5.32 Å². The number of hydrogen-bond donors (Lipinski definition) is 1. The van der Waals surface area contributed by atoms with Crippen molar-refractivity contribution in [3.8, 4) is 17.2 Å². The maximum Gasteiger partial charge on any atom is 0.254 e. The van der Waals surface area contributed by atoms with E-state index in [4.69, 9.17) is 14.2 Å². The Hall–Kier alpha value is -3.22. The van der Waals surface area contributed by atoms with Crippen molar-refractivity contribution < 1.29 is 23.8 Å². The molecular weight excluding hydrogens is 396 g/mol. The molecule has 0 spiro atoms. The zero-order valence-corrected chi connectivity index (χ0v) is 18.9. The van der Waals surface area contributed by atoms with E-state index < -0.39 is 12.0 Å². The fourth-order valence-corrected chi connectivity index (χ4v) is 3.98. The number of hydrogen-bond acceptors (Lipinski definition) is 5. The first-order chi connectivity index (χ1) is 14.9. The van der Waals surface area contributed by atoms with Gasteiger partial charge in [0.2, 0.25) is 5.91 Å². The molecular formula is C24H30N2O5. The Kier molecular flexibility index (Phi) is 6.73. The van der Waals surface area contributed by atoms with Gasteiger partial charge in [0.25, 0.3) is 5.91 Å². The van der Waals surface area contributed by atoms with Crippen LogP contribution in [0.5, 0.6) is 17.2 Å². The third kappa shape index (κ3) is 4.17. The number of nitrogens with one attached hydrogen (secondary N) is 1. The van der Waals surface area contributed by atoms with Crippen LogP contribution in [0.3, 0.4) is 0 Å². The van der Waals surface area contributed by atoms with E-state index in [1.165, 1.54) is 14.2 Å². The van der Waals surface area contributed by atoms with Crippen molar-refractivity contribution >= 4 is 11.8 Å². The highest BCUT2D eigenvalue weighted by atomic mass is 16.5. The molecule has 31 heavy (non-hydrogen) atoms. The number of nitrogens with zero attached hydrogens (tertiary/aromatic N) is 1. The number of methoxy groups -OCH3 is 3. The highest BCUT2D eigenvalue weighted by molar-refractivity contribution is 6.02. The number of rotatable bonds is 7. The van der Waals surface area contributed by atoms with Crippen LogP contribution < -0.4 is 19.5 Å².